The Morgan fingerprint density at radius 1 is 1.11 bits per heavy atom. The van der Waals surface area contributed by atoms with Gasteiger partial charge in [0.15, 0.2) is 0 Å². The van der Waals surface area contributed by atoms with Crippen molar-refractivity contribution in [3.8, 4) is 5.75 Å². The van der Waals surface area contributed by atoms with E-state index in [1.807, 2.05) is 19.1 Å². The Kier molecular flexibility index (Phi) is 7.18. The number of nitrogens with two attached hydrogens (primary N) is 1. The van der Waals surface area contributed by atoms with E-state index in [2.05, 4.69) is 22.9 Å². The first-order valence-electron chi connectivity index (χ1n) is 6.83. The third kappa shape index (κ3) is 5.30. The summed E-state index contributed by atoms with van der Waals surface area (Å²) in [7, 11) is 0. The van der Waals surface area contributed by atoms with Gasteiger partial charge in [-0.2, -0.15) is 0 Å². The van der Waals surface area contributed by atoms with Gasteiger partial charge in [-0.15, -0.1) is 0 Å². The lowest BCUT2D eigenvalue weighted by molar-refractivity contribution is 0.304. The predicted molar refractivity (Wildman–Crippen MR) is 82.2 cm³/mol. The zero-order chi connectivity index (χ0) is 13.4. The summed E-state index contributed by atoms with van der Waals surface area (Å²) >= 11 is 3.43. The number of hydrogen-bond acceptors (Lipinski definition) is 2. The first kappa shape index (κ1) is 15.4. The second-order valence-electron chi connectivity index (χ2n) is 4.76. The maximum atomic E-state index is 5.95. The molecule has 3 heteroatoms. The molecule has 0 amide bonds. The van der Waals surface area contributed by atoms with Gasteiger partial charge >= 0.3 is 0 Å². The zero-order valence-corrected chi connectivity index (χ0v) is 13.1. The van der Waals surface area contributed by atoms with E-state index in [0.717, 1.165) is 28.8 Å². The Morgan fingerprint density at radius 2 is 1.78 bits per heavy atom. The smallest absolute Gasteiger partial charge is 0.145 e. The number of aryl methyl sites for hydroxylation is 1. The normalized spacial score (nSPS) is 10.6. The van der Waals surface area contributed by atoms with Crippen LogP contribution in [-0.4, -0.2) is 6.61 Å². The number of rotatable bonds is 8. The first-order valence-corrected chi connectivity index (χ1v) is 7.63. The molecule has 102 valence electrons. The lowest BCUT2D eigenvalue weighted by Gasteiger charge is -2.12. The van der Waals surface area contributed by atoms with Crippen molar-refractivity contribution in [1.82, 2.24) is 0 Å². The minimum absolute atomic E-state index is 0.716. The number of unbranched alkanes of at least 4 members (excludes halogenated alkanes) is 5. The van der Waals surface area contributed by atoms with Crippen LogP contribution in [0, 0.1) is 6.92 Å². The van der Waals surface area contributed by atoms with Crippen molar-refractivity contribution in [3.63, 3.8) is 0 Å². The van der Waals surface area contributed by atoms with Crippen LogP contribution < -0.4 is 10.5 Å². The Labute approximate surface area is 119 Å². The van der Waals surface area contributed by atoms with Crippen molar-refractivity contribution in [2.45, 2.75) is 52.4 Å². The maximum Gasteiger partial charge on any atom is 0.145 e. The lowest BCUT2D eigenvalue weighted by atomic mass is 10.1. The largest absolute Gasteiger partial charge is 0.491 e. The molecular formula is C15H24BrNO. The van der Waals surface area contributed by atoms with E-state index in [1.165, 1.54) is 32.1 Å². The van der Waals surface area contributed by atoms with E-state index in [-0.39, 0.29) is 0 Å². The molecule has 0 spiro atoms. The summed E-state index contributed by atoms with van der Waals surface area (Å²) in [5, 5.41) is 0. The summed E-state index contributed by atoms with van der Waals surface area (Å²) in [5.74, 6) is 0.840. The fourth-order valence-electron chi connectivity index (χ4n) is 2.01. The molecule has 18 heavy (non-hydrogen) atoms. The van der Waals surface area contributed by atoms with Gasteiger partial charge in [0.1, 0.15) is 5.75 Å². The highest BCUT2D eigenvalue weighted by Gasteiger charge is 2.05. The molecule has 0 radical (unpaired) electrons. The van der Waals surface area contributed by atoms with Gasteiger partial charge in [0.25, 0.3) is 0 Å². The number of ether oxygens (including phenoxy) is 1. The highest BCUT2D eigenvalue weighted by atomic mass is 79.9. The fourth-order valence-corrected chi connectivity index (χ4v) is 2.60. The highest BCUT2D eigenvalue weighted by Crippen LogP contribution is 2.30. The van der Waals surface area contributed by atoms with Crippen molar-refractivity contribution in [2.24, 2.45) is 0 Å². The number of hydrogen-bond donors (Lipinski definition) is 1. The summed E-state index contributed by atoms with van der Waals surface area (Å²) in [4.78, 5) is 0. The fraction of sp³-hybridized carbons (Fsp3) is 0.600. The summed E-state index contributed by atoms with van der Waals surface area (Å²) in [6, 6.07) is 3.93. The van der Waals surface area contributed by atoms with Crippen molar-refractivity contribution in [3.05, 3.63) is 22.2 Å². The van der Waals surface area contributed by atoms with E-state index in [9.17, 15) is 0 Å². The van der Waals surface area contributed by atoms with E-state index in [1.54, 1.807) is 0 Å². The van der Waals surface area contributed by atoms with Gasteiger partial charge in [0, 0.05) is 4.47 Å². The quantitative estimate of drug-likeness (QED) is 0.536. The Balaban J connectivity index is 2.27. The molecule has 0 aliphatic rings. The molecule has 2 nitrogen and oxygen atoms in total. The van der Waals surface area contributed by atoms with Crippen LogP contribution in [0.3, 0.4) is 0 Å². The van der Waals surface area contributed by atoms with E-state index >= 15 is 0 Å². The van der Waals surface area contributed by atoms with Gasteiger partial charge < -0.3 is 10.5 Å². The van der Waals surface area contributed by atoms with Gasteiger partial charge in [-0.05, 0) is 31.0 Å². The van der Waals surface area contributed by atoms with Crippen LogP contribution in [0.4, 0.5) is 5.69 Å². The average Bonchev–Trinajstić information content (AvgIpc) is 2.30. The zero-order valence-electron chi connectivity index (χ0n) is 11.5. The van der Waals surface area contributed by atoms with Crippen LogP contribution >= 0.6 is 15.9 Å². The molecule has 2 N–H and O–H groups in total. The third-order valence-corrected chi connectivity index (χ3v) is 3.47. The van der Waals surface area contributed by atoms with Crippen molar-refractivity contribution in [2.75, 3.05) is 12.3 Å². The van der Waals surface area contributed by atoms with Crippen LogP contribution in [0.2, 0.25) is 0 Å². The second kappa shape index (κ2) is 8.41. The van der Waals surface area contributed by atoms with E-state index in [4.69, 9.17) is 10.5 Å². The number of anilines is 1. The average molecular weight is 314 g/mol. The Bertz CT molecular complexity index is 343. The van der Waals surface area contributed by atoms with Crippen molar-refractivity contribution < 1.29 is 4.74 Å². The monoisotopic (exact) mass is 313 g/mol. The minimum Gasteiger partial charge on any atom is -0.491 e. The molecule has 0 bridgehead atoms. The van der Waals surface area contributed by atoms with Crippen molar-refractivity contribution >= 4 is 21.6 Å². The minimum atomic E-state index is 0.716. The molecule has 0 aromatic heterocycles. The number of halogens is 1. The standard InChI is InChI=1S/C15H24BrNO/c1-3-4-5-6-7-8-9-18-15-12(2)10-13(16)11-14(15)17/h10-11H,3-9,17H2,1-2H3. The highest BCUT2D eigenvalue weighted by molar-refractivity contribution is 9.10. The Hall–Kier alpha value is -0.700. The van der Waals surface area contributed by atoms with Gasteiger partial charge in [-0.25, -0.2) is 0 Å². The van der Waals surface area contributed by atoms with E-state index in [0.29, 0.717) is 5.69 Å². The molecule has 0 aliphatic carbocycles. The SMILES string of the molecule is CCCCCCCCOc1c(C)cc(Br)cc1N. The van der Waals surface area contributed by atoms with Gasteiger partial charge in [-0.1, -0.05) is 55.0 Å². The predicted octanol–water partition coefficient (Wildman–Crippen LogP) is 5.08. The Morgan fingerprint density at radius 3 is 2.44 bits per heavy atom. The second-order valence-corrected chi connectivity index (χ2v) is 5.67. The lowest BCUT2D eigenvalue weighted by Crippen LogP contribution is -2.02. The van der Waals surface area contributed by atoms with Gasteiger partial charge in [0.05, 0.1) is 12.3 Å². The molecule has 0 atom stereocenters. The van der Waals surface area contributed by atoms with Gasteiger partial charge in [0.2, 0.25) is 0 Å². The molecule has 1 rings (SSSR count). The van der Waals surface area contributed by atoms with E-state index < -0.39 is 0 Å². The van der Waals surface area contributed by atoms with Gasteiger partial charge in [-0.3, -0.25) is 0 Å². The molecular weight excluding hydrogens is 290 g/mol. The molecule has 0 saturated carbocycles. The van der Waals surface area contributed by atoms with Crippen LogP contribution in [-0.2, 0) is 0 Å². The summed E-state index contributed by atoms with van der Waals surface area (Å²) in [6.07, 6.45) is 7.65. The summed E-state index contributed by atoms with van der Waals surface area (Å²) in [6.45, 7) is 5.03. The number of nitrogen functional groups attached to an aromatic ring is 1. The van der Waals surface area contributed by atoms with Crippen LogP contribution in [0.25, 0.3) is 0 Å². The summed E-state index contributed by atoms with van der Waals surface area (Å²) < 4.78 is 6.79. The van der Waals surface area contributed by atoms with Crippen LogP contribution in [0.5, 0.6) is 5.75 Å². The third-order valence-electron chi connectivity index (χ3n) is 3.01. The maximum absolute atomic E-state index is 5.95. The molecule has 1 aromatic carbocycles. The molecule has 1 aromatic rings. The molecule has 0 aliphatic heterocycles. The molecule has 0 unspecified atom stereocenters. The topological polar surface area (TPSA) is 35.2 Å². The number of benzene rings is 1. The van der Waals surface area contributed by atoms with Crippen LogP contribution in [0.15, 0.2) is 16.6 Å². The summed E-state index contributed by atoms with van der Waals surface area (Å²) in [5.41, 5.74) is 7.75. The molecule has 0 heterocycles. The molecule has 0 fully saturated rings. The van der Waals surface area contributed by atoms with Crippen molar-refractivity contribution in [1.29, 1.82) is 0 Å². The van der Waals surface area contributed by atoms with Crippen LogP contribution in [0.1, 0.15) is 51.0 Å². The molecule has 0 saturated heterocycles. The first-order chi connectivity index (χ1) is 8.65.